The molecule has 1 aliphatic carbocycles. The van der Waals surface area contributed by atoms with Gasteiger partial charge in [0, 0.05) is 38.4 Å². The van der Waals surface area contributed by atoms with Crippen molar-refractivity contribution in [1.29, 1.82) is 0 Å². The van der Waals surface area contributed by atoms with E-state index in [1.165, 1.54) is 49.5 Å². The maximum atomic E-state index is 5.31. The van der Waals surface area contributed by atoms with E-state index in [1.54, 1.807) is 0 Å². The first-order valence-corrected chi connectivity index (χ1v) is 18.2. The molecule has 0 N–H and O–H groups in total. The Balaban J connectivity index is 1.09. The van der Waals surface area contributed by atoms with E-state index in [2.05, 4.69) is 166 Å². The summed E-state index contributed by atoms with van der Waals surface area (Å²) in [4.78, 5) is 15.5. The molecule has 3 heteroatoms. The summed E-state index contributed by atoms with van der Waals surface area (Å²) in [5.74, 6) is 0.703. The van der Waals surface area contributed by atoms with E-state index in [0.29, 0.717) is 5.82 Å². The van der Waals surface area contributed by atoms with Crippen molar-refractivity contribution in [2.24, 2.45) is 0 Å². The molecule has 0 aliphatic heterocycles. The van der Waals surface area contributed by atoms with E-state index in [4.69, 9.17) is 15.0 Å². The topological polar surface area (TPSA) is 38.7 Å². The van der Waals surface area contributed by atoms with Crippen LogP contribution in [0.3, 0.4) is 0 Å². The summed E-state index contributed by atoms with van der Waals surface area (Å²) in [5, 5.41) is 3.57. The van der Waals surface area contributed by atoms with Crippen LogP contribution < -0.4 is 0 Å². The fourth-order valence-electron chi connectivity index (χ4n) is 8.09. The number of hydrogen-bond acceptors (Lipinski definition) is 3. The molecule has 0 radical (unpaired) electrons. The molecule has 2 heterocycles. The smallest absolute Gasteiger partial charge is 0.160 e. The molecule has 2 aromatic heterocycles. The van der Waals surface area contributed by atoms with E-state index in [0.717, 1.165) is 44.9 Å². The van der Waals surface area contributed by atoms with Gasteiger partial charge in [0.05, 0.1) is 22.6 Å². The Morgan fingerprint density at radius 1 is 0.358 bits per heavy atom. The molecular weight excluding hydrogens is 643 g/mol. The highest BCUT2D eigenvalue weighted by Gasteiger charge is 2.35. The SMILES string of the molecule is CC1(C)c2ccccc2-c2cc3c(cc21)c(-c1ccc(-c2cc(-c4ccc(-c5ccccc5)cc4)nc(-c4ccccc4)n2)cc1)nc1ccccc13. The van der Waals surface area contributed by atoms with Gasteiger partial charge < -0.3 is 0 Å². The molecule has 53 heavy (non-hydrogen) atoms. The van der Waals surface area contributed by atoms with Gasteiger partial charge >= 0.3 is 0 Å². The van der Waals surface area contributed by atoms with Crippen LogP contribution in [0.4, 0.5) is 0 Å². The van der Waals surface area contributed by atoms with Crippen LogP contribution in [0.5, 0.6) is 0 Å². The van der Waals surface area contributed by atoms with Crippen molar-refractivity contribution in [3.63, 3.8) is 0 Å². The van der Waals surface area contributed by atoms with Gasteiger partial charge in [0.1, 0.15) is 0 Å². The van der Waals surface area contributed by atoms with E-state index in [-0.39, 0.29) is 5.41 Å². The quantitative estimate of drug-likeness (QED) is 0.170. The lowest BCUT2D eigenvalue weighted by molar-refractivity contribution is 0.661. The highest BCUT2D eigenvalue weighted by molar-refractivity contribution is 6.13. The van der Waals surface area contributed by atoms with Gasteiger partial charge in [-0.2, -0.15) is 0 Å². The average molecular weight is 678 g/mol. The predicted molar refractivity (Wildman–Crippen MR) is 220 cm³/mol. The Hall–Kier alpha value is -6.71. The monoisotopic (exact) mass is 677 g/mol. The van der Waals surface area contributed by atoms with Gasteiger partial charge in [-0.05, 0) is 63.0 Å². The molecule has 0 spiro atoms. The predicted octanol–water partition coefficient (Wildman–Crippen LogP) is 12.8. The van der Waals surface area contributed by atoms with Crippen molar-refractivity contribution in [2.75, 3.05) is 0 Å². The number of aromatic nitrogens is 3. The summed E-state index contributed by atoms with van der Waals surface area (Å²) in [6.45, 7) is 4.67. The van der Waals surface area contributed by atoms with E-state index >= 15 is 0 Å². The molecule has 10 rings (SSSR count). The Bertz CT molecular complexity index is 2820. The zero-order chi connectivity index (χ0) is 35.5. The summed E-state index contributed by atoms with van der Waals surface area (Å²) < 4.78 is 0. The van der Waals surface area contributed by atoms with E-state index in [9.17, 15) is 0 Å². The number of para-hydroxylation sites is 1. The van der Waals surface area contributed by atoms with Crippen LogP contribution in [0.15, 0.2) is 176 Å². The van der Waals surface area contributed by atoms with Crippen molar-refractivity contribution in [1.82, 2.24) is 15.0 Å². The molecule has 0 fully saturated rings. The van der Waals surface area contributed by atoms with Crippen LogP contribution in [0.1, 0.15) is 25.0 Å². The maximum Gasteiger partial charge on any atom is 0.160 e. The first kappa shape index (κ1) is 31.1. The third-order valence-electron chi connectivity index (χ3n) is 10.9. The first-order chi connectivity index (χ1) is 26.0. The zero-order valence-corrected chi connectivity index (χ0v) is 29.6. The van der Waals surface area contributed by atoms with Crippen molar-refractivity contribution < 1.29 is 0 Å². The number of pyridine rings is 1. The van der Waals surface area contributed by atoms with Crippen LogP contribution in [-0.2, 0) is 5.41 Å². The second-order valence-corrected chi connectivity index (χ2v) is 14.4. The van der Waals surface area contributed by atoms with Crippen LogP contribution in [0, 0.1) is 0 Å². The standard InChI is InChI=1S/C50H35N3/c1-50(2)43-19-11-9-17-38(43)41-29-40-39-18-10-12-20-45(39)51-48(42(40)30-44(41)50)36-27-25-35(26-28-36)47-31-46(52-49(53-47)37-15-7-4-8-16-37)34-23-21-33(22-24-34)32-13-5-3-6-14-32/h3-31H,1-2H3. The summed E-state index contributed by atoms with van der Waals surface area (Å²) in [6.07, 6.45) is 0. The van der Waals surface area contributed by atoms with Gasteiger partial charge in [-0.15, -0.1) is 0 Å². The van der Waals surface area contributed by atoms with Gasteiger partial charge in [0.25, 0.3) is 0 Å². The zero-order valence-electron chi connectivity index (χ0n) is 29.6. The molecule has 9 aromatic rings. The van der Waals surface area contributed by atoms with Crippen LogP contribution in [-0.4, -0.2) is 15.0 Å². The van der Waals surface area contributed by atoms with Crippen molar-refractivity contribution in [2.45, 2.75) is 19.3 Å². The Morgan fingerprint density at radius 2 is 0.906 bits per heavy atom. The highest BCUT2D eigenvalue weighted by Crippen LogP contribution is 2.51. The minimum atomic E-state index is -0.101. The van der Waals surface area contributed by atoms with Crippen LogP contribution >= 0.6 is 0 Å². The molecule has 0 amide bonds. The van der Waals surface area contributed by atoms with Crippen molar-refractivity contribution in [3.8, 4) is 67.4 Å². The third kappa shape index (κ3) is 5.24. The highest BCUT2D eigenvalue weighted by atomic mass is 14.9. The molecule has 250 valence electrons. The number of benzene rings is 7. The molecular formula is C50H35N3. The number of fused-ring (bicyclic) bond motifs is 6. The normalized spacial score (nSPS) is 12.9. The fourth-order valence-corrected chi connectivity index (χ4v) is 8.09. The second kappa shape index (κ2) is 12.2. The lowest BCUT2D eigenvalue weighted by Crippen LogP contribution is -2.14. The average Bonchev–Trinajstić information content (AvgIpc) is 3.45. The van der Waals surface area contributed by atoms with Gasteiger partial charge in [-0.25, -0.2) is 15.0 Å². The number of nitrogens with zero attached hydrogens (tertiary/aromatic N) is 3. The lowest BCUT2D eigenvalue weighted by atomic mass is 9.81. The summed E-state index contributed by atoms with van der Waals surface area (Å²) in [5.41, 5.74) is 15.5. The van der Waals surface area contributed by atoms with Gasteiger partial charge in [0.2, 0.25) is 0 Å². The van der Waals surface area contributed by atoms with Crippen LogP contribution in [0.2, 0.25) is 0 Å². The fraction of sp³-hybridized carbons (Fsp3) is 0.0600. The van der Waals surface area contributed by atoms with Gasteiger partial charge in [-0.1, -0.05) is 166 Å². The van der Waals surface area contributed by atoms with E-state index in [1.807, 2.05) is 24.3 Å². The summed E-state index contributed by atoms with van der Waals surface area (Å²) in [7, 11) is 0. The largest absolute Gasteiger partial charge is 0.247 e. The Kier molecular flexibility index (Phi) is 7.16. The lowest BCUT2D eigenvalue weighted by Gasteiger charge is -2.22. The summed E-state index contributed by atoms with van der Waals surface area (Å²) >= 11 is 0. The first-order valence-electron chi connectivity index (χ1n) is 18.2. The van der Waals surface area contributed by atoms with Crippen molar-refractivity contribution >= 4 is 21.7 Å². The van der Waals surface area contributed by atoms with Crippen LogP contribution in [0.25, 0.3) is 89.1 Å². The third-order valence-corrected chi connectivity index (χ3v) is 10.9. The minimum absolute atomic E-state index is 0.101. The molecule has 3 nitrogen and oxygen atoms in total. The Morgan fingerprint density at radius 3 is 1.60 bits per heavy atom. The minimum Gasteiger partial charge on any atom is -0.247 e. The number of rotatable bonds is 5. The molecule has 1 aliphatic rings. The molecule has 0 atom stereocenters. The van der Waals surface area contributed by atoms with E-state index < -0.39 is 0 Å². The summed E-state index contributed by atoms with van der Waals surface area (Å²) in [6, 6.07) is 62.3. The van der Waals surface area contributed by atoms with Gasteiger partial charge in [-0.3, -0.25) is 0 Å². The molecule has 0 bridgehead atoms. The number of hydrogen-bond donors (Lipinski definition) is 0. The van der Waals surface area contributed by atoms with Crippen molar-refractivity contribution in [3.05, 3.63) is 187 Å². The van der Waals surface area contributed by atoms with Gasteiger partial charge in [0.15, 0.2) is 5.82 Å². The second-order valence-electron chi connectivity index (χ2n) is 14.4. The molecule has 0 saturated heterocycles. The molecule has 7 aromatic carbocycles. The molecule has 0 saturated carbocycles. The Labute approximate surface area is 309 Å². The molecule has 0 unspecified atom stereocenters. The maximum absolute atomic E-state index is 5.31.